The van der Waals surface area contributed by atoms with Crippen LogP contribution in [0.15, 0.2) is 48.5 Å². The maximum absolute atomic E-state index is 11.1. The predicted octanol–water partition coefficient (Wildman–Crippen LogP) is 3.56. The molecule has 0 unspecified atom stereocenters. The van der Waals surface area contributed by atoms with Crippen molar-refractivity contribution in [1.29, 1.82) is 0 Å². The van der Waals surface area contributed by atoms with Crippen LogP contribution >= 0.6 is 12.4 Å². The van der Waals surface area contributed by atoms with Crippen LogP contribution in [0, 0.1) is 0 Å². The number of carbonyl (C=O) groups is 1. The molecule has 0 saturated heterocycles. The highest BCUT2D eigenvalue weighted by atomic mass is 35.5. The second kappa shape index (κ2) is 5.51. The molecular formula is C14H14ClNO. The fraction of sp³-hybridized carbons (Fsp3) is 0.0714. The van der Waals surface area contributed by atoms with Gasteiger partial charge in [0.15, 0.2) is 5.78 Å². The average Bonchev–Trinajstić information content (AvgIpc) is 2.30. The van der Waals surface area contributed by atoms with Crippen molar-refractivity contribution in [2.24, 2.45) is 0 Å². The fourth-order valence-electron chi connectivity index (χ4n) is 1.64. The van der Waals surface area contributed by atoms with Crippen LogP contribution in [0.1, 0.15) is 17.3 Å². The monoisotopic (exact) mass is 247 g/mol. The first-order chi connectivity index (χ1) is 7.68. The summed E-state index contributed by atoms with van der Waals surface area (Å²) in [5.41, 5.74) is 9.38. The van der Waals surface area contributed by atoms with Crippen molar-refractivity contribution >= 4 is 23.9 Å². The lowest BCUT2D eigenvalue weighted by atomic mass is 10.0. The number of benzene rings is 2. The summed E-state index contributed by atoms with van der Waals surface area (Å²) in [4.78, 5) is 11.1. The molecule has 0 aliphatic rings. The van der Waals surface area contributed by atoms with E-state index in [0.717, 1.165) is 22.4 Å². The second-order valence-corrected chi connectivity index (χ2v) is 3.72. The minimum Gasteiger partial charge on any atom is -0.398 e. The van der Waals surface area contributed by atoms with E-state index in [1.807, 2.05) is 48.5 Å². The molecule has 0 aliphatic carbocycles. The zero-order valence-corrected chi connectivity index (χ0v) is 10.3. The molecule has 0 fully saturated rings. The zero-order chi connectivity index (χ0) is 11.5. The van der Waals surface area contributed by atoms with Crippen LogP contribution in [0.25, 0.3) is 11.1 Å². The molecule has 2 N–H and O–H groups in total. The van der Waals surface area contributed by atoms with Crippen LogP contribution in [0.5, 0.6) is 0 Å². The maximum Gasteiger partial charge on any atom is 0.159 e. The van der Waals surface area contributed by atoms with Crippen molar-refractivity contribution in [2.45, 2.75) is 6.92 Å². The van der Waals surface area contributed by atoms with Crippen molar-refractivity contribution in [1.82, 2.24) is 0 Å². The van der Waals surface area contributed by atoms with E-state index in [4.69, 9.17) is 5.73 Å². The lowest BCUT2D eigenvalue weighted by Crippen LogP contribution is -1.92. The van der Waals surface area contributed by atoms with Gasteiger partial charge in [-0.1, -0.05) is 42.5 Å². The summed E-state index contributed by atoms with van der Waals surface area (Å²) in [6.45, 7) is 1.56. The lowest BCUT2D eigenvalue weighted by Gasteiger charge is -2.05. The summed E-state index contributed by atoms with van der Waals surface area (Å²) in [6, 6.07) is 15.2. The van der Waals surface area contributed by atoms with Crippen LogP contribution in [-0.2, 0) is 0 Å². The van der Waals surface area contributed by atoms with Gasteiger partial charge in [0.1, 0.15) is 0 Å². The molecule has 0 radical (unpaired) electrons. The Morgan fingerprint density at radius 3 is 2.12 bits per heavy atom. The van der Waals surface area contributed by atoms with E-state index < -0.39 is 0 Å². The zero-order valence-electron chi connectivity index (χ0n) is 9.51. The van der Waals surface area contributed by atoms with Crippen molar-refractivity contribution in [3.05, 3.63) is 54.1 Å². The van der Waals surface area contributed by atoms with Crippen molar-refractivity contribution in [3.63, 3.8) is 0 Å². The number of nitrogen functional groups attached to an aromatic ring is 1. The van der Waals surface area contributed by atoms with Gasteiger partial charge in [-0.15, -0.1) is 12.4 Å². The summed E-state index contributed by atoms with van der Waals surface area (Å²) in [6.07, 6.45) is 0. The first-order valence-electron chi connectivity index (χ1n) is 5.14. The summed E-state index contributed by atoms with van der Waals surface area (Å²) in [7, 11) is 0. The average molecular weight is 248 g/mol. The Balaban J connectivity index is 0.00000144. The van der Waals surface area contributed by atoms with Gasteiger partial charge in [0.2, 0.25) is 0 Å². The molecular weight excluding hydrogens is 234 g/mol. The minimum atomic E-state index is 0. The van der Waals surface area contributed by atoms with Gasteiger partial charge < -0.3 is 5.73 Å². The molecule has 0 saturated carbocycles. The third-order valence-corrected chi connectivity index (χ3v) is 2.56. The van der Waals surface area contributed by atoms with E-state index in [0.29, 0.717) is 0 Å². The van der Waals surface area contributed by atoms with Crippen LogP contribution in [0.3, 0.4) is 0 Å². The fourth-order valence-corrected chi connectivity index (χ4v) is 1.64. The molecule has 2 aromatic carbocycles. The Bertz CT molecular complexity index is 520. The Morgan fingerprint density at radius 2 is 1.59 bits per heavy atom. The summed E-state index contributed by atoms with van der Waals surface area (Å²) in [5.74, 6) is 0.0765. The molecule has 88 valence electrons. The number of nitrogens with two attached hydrogens (primary N) is 1. The van der Waals surface area contributed by atoms with Gasteiger partial charge in [-0.3, -0.25) is 4.79 Å². The van der Waals surface area contributed by atoms with Crippen molar-refractivity contribution in [3.8, 4) is 11.1 Å². The molecule has 3 heteroatoms. The van der Waals surface area contributed by atoms with Crippen molar-refractivity contribution in [2.75, 3.05) is 5.73 Å². The van der Waals surface area contributed by atoms with Gasteiger partial charge >= 0.3 is 0 Å². The lowest BCUT2D eigenvalue weighted by molar-refractivity contribution is 0.101. The predicted molar refractivity (Wildman–Crippen MR) is 73.5 cm³/mol. The standard InChI is InChI=1S/C14H13NO.ClH/c1-10(16)11-6-8-12(9-7-11)13-4-2-3-5-14(13)15;/h2-9H,15H2,1H3;1H. The molecule has 0 bridgehead atoms. The number of Topliss-reactive ketones (excluding diaryl/α,β-unsaturated/α-hetero) is 1. The Kier molecular flexibility index (Phi) is 4.30. The van der Waals surface area contributed by atoms with Gasteiger partial charge in [0.05, 0.1) is 0 Å². The third-order valence-electron chi connectivity index (χ3n) is 2.56. The van der Waals surface area contributed by atoms with E-state index in [2.05, 4.69) is 0 Å². The highest BCUT2D eigenvalue weighted by Crippen LogP contribution is 2.25. The number of carbonyl (C=O) groups excluding carboxylic acids is 1. The normalized spacial score (nSPS) is 9.47. The smallest absolute Gasteiger partial charge is 0.159 e. The van der Waals surface area contributed by atoms with Crippen LogP contribution in [0.2, 0.25) is 0 Å². The minimum absolute atomic E-state index is 0. The van der Waals surface area contributed by atoms with Gasteiger partial charge in [-0.25, -0.2) is 0 Å². The second-order valence-electron chi connectivity index (χ2n) is 3.72. The first-order valence-corrected chi connectivity index (χ1v) is 5.14. The van der Waals surface area contributed by atoms with Crippen LogP contribution in [0.4, 0.5) is 5.69 Å². The Morgan fingerprint density at radius 1 is 1.00 bits per heavy atom. The van der Waals surface area contributed by atoms with E-state index in [-0.39, 0.29) is 18.2 Å². The first kappa shape index (κ1) is 13.3. The largest absolute Gasteiger partial charge is 0.398 e. The van der Waals surface area contributed by atoms with Gasteiger partial charge in [-0.2, -0.15) is 0 Å². The number of ketones is 1. The highest BCUT2D eigenvalue weighted by Gasteiger charge is 2.03. The molecule has 0 aliphatic heterocycles. The molecule has 2 aromatic rings. The maximum atomic E-state index is 11.1. The Labute approximate surface area is 107 Å². The molecule has 2 rings (SSSR count). The number of hydrogen-bond donors (Lipinski definition) is 1. The van der Waals surface area contributed by atoms with E-state index in [1.54, 1.807) is 6.92 Å². The van der Waals surface area contributed by atoms with E-state index in [1.165, 1.54) is 0 Å². The molecule has 0 aromatic heterocycles. The molecule has 0 spiro atoms. The van der Waals surface area contributed by atoms with Crippen molar-refractivity contribution < 1.29 is 4.79 Å². The van der Waals surface area contributed by atoms with Crippen LogP contribution < -0.4 is 5.73 Å². The van der Waals surface area contributed by atoms with Gasteiger partial charge in [0.25, 0.3) is 0 Å². The SMILES string of the molecule is CC(=O)c1ccc(-c2ccccc2N)cc1.Cl. The molecule has 0 amide bonds. The molecule has 0 heterocycles. The topological polar surface area (TPSA) is 43.1 Å². The highest BCUT2D eigenvalue weighted by molar-refractivity contribution is 5.94. The van der Waals surface area contributed by atoms with Gasteiger partial charge in [0, 0.05) is 16.8 Å². The summed E-state index contributed by atoms with van der Waals surface area (Å²) < 4.78 is 0. The van der Waals surface area contributed by atoms with Gasteiger partial charge in [-0.05, 0) is 18.6 Å². The molecule has 0 atom stereocenters. The number of rotatable bonds is 2. The number of hydrogen-bond acceptors (Lipinski definition) is 2. The summed E-state index contributed by atoms with van der Waals surface area (Å²) in [5, 5.41) is 0. The number of halogens is 1. The van der Waals surface area contributed by atoms with Crippen LogP contribution in [-0.4, -0.2) is 5.78 Å². The van der Waals surface area contributed by atoms with E-state index >= 15 is 0 Å². The third kappa shape index (κ3) is 2.86. The summed E-state index contributed by atoms with van der Waals surface area (Å²) >= 11 is 0. The molecule has 2 nitrogen and oxygen atoms in total. The number of anilines is 1. The molecule has 17 heavy (non-hydrogen) atoms. The quantitative estimate of drug-likeness (QED) is 0.651. The van der Waals surface area contributed by atoms with E-state index in [9.17, 15) is 4.79 Å². The number of para-hydroxylation sites is 1. The Hall–Kier alpha value is -1.80.